The first-order chi connectivity index (χ1) is 30.7. The molecule has 12 rings (SSSR count). The molecule has 0 saturated carbocycles. The van der Waals surface area contributed by atoms with E-state index in [0.29, 0.717) is 23.2 Å². The molecule has 0 N–H and O–H groups in total. The summed E-state index contributed by atoms with van der Waals surface area (Å²) in [4.78, 5) is 19.6. The molecule has 6 nitrogen and oxygen atoms in total. The van der Waals surface area contributed by atoms with Gasteiger partial charge in [-0.1, -0.05) is 146 Å². The number of benzene rings is 8. The number of pyridine rings is 1. The molecule has 62 heavy (non-hydrogen) atoms. The van der Waals surface area contributed by atoms with Crippen molar-refractivity contribution in [3.05, 3.63) is 219 Å². The highest BCUT2D eigenvalue weighted by molar-refractivity contribution is 6.16. The second-order valence-corrected chi connectivity index (χ2v) is 15.5. The molecule has 8 aromatic carbocycles. The number of hydrogen-bond acceptors (Lipinski definition) is 4. The minimum absolute atomic E-state index is 0.525. The number of fused-ring (bicyclic) bond motifs is 6. The van der Waals surface area contributed by atoms with E-state index in [1.54, 1.807) is 0 Å². The summed E-state index contributed by atoms with van der Waals surface area (Å²) >= 11 is 0. The Kier molecular flexibility index (Phi) is 8.38. The van der Waals surface area contributed by atoms with Crippen LogP contribution >= 0.6 is 0 Å². The zero-order chi connectivity index (χ0) is 41.0. The molecule has 0 unspecified atom stereocenters. The van der Waals surface area contributed by atoms with Gasteiger partial charge in [-0.05, 0) is 89.0 Å². The lowest BCUT2D eigenvalue weighted by Gasteiger charge is -2.12. The van der Waals surface area contributed by atoms with E-state index in [1.165, 1.54) is 43.7 Å². The fraction of sp³-hybridized carbons (Fsp3) is 0. The molecule has 290 valence electrons. The van der Waals surface area contributed by atoms with Crippen LogP contribution in [0.15, 0.2) is 219 Å². The Morgan fingerprint density at radius 3 is 1.58 bits per heavy atom. The average Bonchev–Trinajstić information content (AvgIpc) is 3.87. The summed E-state index contributed by atoms with van der Waals surface area (Å²) in [6, 6.07) is 74.6. The number of para-hydroxylation sites is 3. The van der Waals surface area contributed by atoms with E-state index >= 15 is 0 Å². The van der Waals surface area contributed by atoms with Crippen molar-refractivity contribution in [3.8, 4) is 67.9 Å². The highest BCUT2D eigenvalue weighted by Gasteiger charge is 2.19. The number of rotatable bonds is 7. The van der Waals surface area contributed by atoms with Crippen molar-refractivity contribution in [2.45, 2.75) is 0 Å². The molecule has 0 spiro atoms. The van der Waals surface area contributed by atoms with Crippen molar-refractivity contribution >= 4 is 43.6 Å². The van der Waals surface area contributed by atoms with Gasteiger partial charge in [-0.15, -0.1) is 0 Å². The third kappa shape index (κ3) is 5.96. The fourth-order valence-corrected chi connectivity index (χ4v) is 9.01. The van der Waals surface area contributed by atoms with Crippen molar-refractivity contribution in [1.29, 1.82) is 0 Å². The van der Waals surface area contributed by atoms with Crippen molar-refractivity contribution < 1.29 is 0 Å². The van der Waals surface area contributed by atoms with Gasteiger partial charge in [0, 0.05) is 50.2 Å². The average molecular weight is 793 g/mol. The van der Waals surface area contributed by atoms with Crippen LogP contribution in [0.1, 0.15) is 0 Å². The standard InChI is InChI=1S/C56H36N6/c1-4-16-37(17-5-1)54-58-55(38-18-6-2-7-19-38)60-56(59-54)48-36-40(32-33-57-48)39-30-31-51-47(35-39)45-24-10-12-27-49(45)62(51)43-23-14-20-41(34-43)44-26-15-29-52-53(44)46-25-11-13-28-50(46)61(52)42-21-8-3-9-22-42/h1-36H. The smallest absolute Gasteiger partial charge is 0.182 e. The second kappa shape index (κ2) is 14.7. The lowest BCUT2D eigenvalue weighted by Crippen LogP contribution is -2.01. The highest BCUT2D eigenvalue weighted by atomic mass is 15.0. The van der Waals surface area contributed by atoms with Gasteiger partial charge in [0.2, 0.25) is 0 Å². The maximum Gasteiger partial charge on any atom is 0.182 e. The van der Waals surface area contributed by atoms with Gasteiger partial charge in [-0.25, -0.2) is 15.0 Å². The van der Waals surface area contributed by atoms with Crippen LogP contribution in [0, 0.1) is 0 Å². The Hall–Kier alpha value is -8.48. The predicted octanol–water partition coefficient (Wildman–Crippen LogP) is 13.8. The topological polar surface area (TPSA) is 61.4 Å². The Balaban J connectivity index is 0.972. The molecule has 0 radical (unpaired) electrons. The summed E-state index contributed by atoms with van der Waals surface area (Å²) < 4.78 is 4.77. The molecule has 4 aromatic heterocycles. The van der Waals surface area contributed by atoms with E-state index in [2.05, 4.69) is 161 Å². The molecular weight excluding hydrogens is 757 g/mol. The van der Waals surface area contributed by atoms with Crippen LogP contribution in [-0.2, 0) is 0 Å². The molecule has 0 aliphatic carbocycles. The van der Waals surface area contributed by atoms with E-state index < -0.39 is 0 Å². The summed E-state index contributed by atoms with van der Waals surface area (Å²) in [5.74, 6) is 1.74. The molecule has 0 fully saturated rings. The number of hydrogen-bond donors (Lipinski definition) is 0. The van der Waals surface area contributed by atoms with E-state index in [0.717, 1.165) is 44.7 Å². The first-order valence-corrected chi connectivity index (χ1v) is 20.8. The fourth-order valence-electron chi connectivity index (χ4n) is 9.01. The Morgan fingerprint density at radius 1 is 0.306 bits per heavy atom. The van der Waals surface area contributed by atoms with Crippen LogP contribution in [0.5, 0.6) is 0 Å². The minimum atomic E-state index is 0.525. The molecule has 6 heteroatoms. The van der Waals surface area contributed by atoms with Gasteiger partial charge in [0.25, 0.3) is 0 Å². The van der Waals surface area contributed by atoms with Gasteiger partial charge < -0.3 is 9.13 Å². The zero-order valence-corrected chi connectivity index (χ0v) is 33.5. The third-order valence-corrected chi connectivity index (χ3v) is 11.8. The van der Waals surface area contributed by atoms with Crippen LogP contribution in [0.4, 0.5) is 0 Å². The van der Waals surface area contributed by atoms with Crippen LogP contribution in [0.25, 0.3) is 112 Å². The molecule has 0 aliphatic rings. The molecule has 12 aromatic rings. The molecule has 0 aliphatic heterocycles. The number of nitrogens with zero attached hydrogens (tertiary/aromatic N) is 6. The van der Waals surface area contributed by atoms with Crippen molar-refractivity contribution in [3.63, 3.8) is 0 Å². The quantitative estimate of drug-likeness (QED) is 0.161. The van der Waals surface area contributed by atoms with Crippen LogP contribution in [0.3, 0.4) is 0 Å². The summed E-state index contributed by atoms with van der Waals surface area (Å²) in [6.45, 7) is 0. The predicted molar refractivity (Wildman–Crippen MR) is 253 cm³/mol. The van der Waals surface area contributed by atoms with Crippen LogP contribution < -0.4 is 0 Å². The van der Waals surface area contributed by atoms with E-state index in [1.807, 2.05) is 66.9 Å². The van der Waals surface area contributed by atoms with E-state index in [-0.39, 0.29) is 0 Å². The zero-order valence-electron chi connectivity index (χ0n) is 33.5. The van der Waals surface area contributed by atoms with Gasteiger partial charge >= 0.3 is 0 Å². The highest BCUT2D eigenvalue weighted by Crippen LogP contribution is 2.41. The van der Waals surface area contributed by atoms with Crippen LogP contribution in [-0.4, -0.2) is 29.1 Å². The molecule has 4 heterocycles. The molecule has 0 saturated heterocycles. The van der Waals surface area contributed by atoms with E-state index in [9.17, 15) is 0 Å². The lowest BCUT2D eigenvalue weighted by molar-refractivity contribution is 1.06. The van der Waals surface area contributed by atoms with Crippen molar-refractivity contribution in [2.24, 2.45) is 0 Å². The molecule has 0 bridgehead atoms. The Labute approximate surface area is 357 Å². The summed E-state index contributed by atoms with van der Waals surface area (Å²) in [5.41, 5.74) is 13.9. The molecule has 0 atom stereocenters. The molecular formula is C56H36N6. The number of aromatic nitrogens is 6. The van der Waals surface area contributed by atoms with Gasteiger partial charge in [-0.3, -0.25) is 4.98 Å². The van der Waals surface area contributed by atoms with Gasteiger partial charge in [0.05, 0.1) is 22.1 Å². The Morgan fingerprint density at radius 2 is 0.839 bits per heavy atom. The van der Waals surface area contributed by atoms with E-state index in [4.69, 9.17) is 19.9 Å². The second-order valence-electron chi connectivity index (χ2n) is 15.5. The molecule has 0 amide bonds. The normalized spacial score (nSPS) is 11.5. The first kappa shape index (κ1) is 35.5. The van der Waals surface area contributed by atoms with Crippen LogP contribution in [0.2, 0.25) is 0 Å². The third-order valence-electron chi connectivity index (χ3n) is 11.8. The Bertz CT molecular complexity index is 3570. The minimum Gasteiger partial charge on any atom is -0.309 e. The van der Waals surface area contributed by atoms with Gasteiger partial charge in [0.15, 0.2) is 17.5 Å². The summed E-state index contributed by atoms with van der Waals surface area (Å²) in [7, 11) is 0. The van der Waals surface area contributed by atoms with Gasteiger partial charge in [-0.2, -0.15) is 0 Å². The van der Waals surface area contributed by atoms with Gasteiger partial charge in [0.1, 0.15) is 5.69 Å². The maximum absolute atomic E-state index is 4.95. The summed E-state index contributed by atoms with van der Waals surface area (Å²) in [6.07, 6.45) is 1.84. The first-order valence-electron chi connectivity index (χ1n) is 20.8. The van der Waals surface area contributed by atoms with Crippen molar-refractivity contribution in [1.82, 2.24) is 29.1 Å². The lowest BCUT2D eigenvalue weighted by atomic mass is 9.99. The SMILES string of the molecule is c1ccc(-c2nc(-c3ccccc3)nc(-c3cc(-c4ccc5c(c4)c4ccccc4n5-c4cccc(-c5cccc6c5c5ccccc5n6-c5ccccc5)c4)ccn3)n2)cc1. The van der Waals surface area contributed by atoms with Crippen molar-refractivity contribution in [2.75, 3.05) is 0 Å². The monoisotopic (exact) mass is 792 g/mol. The largest absolute Gasteiger partial charge is 0.309 e. The summed E-state index contributed by atoms with van der Waals surface area (Å²) in [5, 5.41) is 4.85. The maximum atomic E-state index is 4.95.